The molecule has 94 valence electrons. The van der Waals surface area contributed by atoms with E-state index in [1.54, 1.807) is 6.20 Å². The highest BCUT2D eigenvalue weighted by Gasteiger charge is 2.10. The van der Waals surface area contributed by atoms with E-state index in [0.29, 0.717) is 12.8 Å². The van der Waals surface area contributed by atoms with E-state index in [1.807, 2.05) is 17.5 Å². The van der Waals surface area contributed by atoms with Gasteiger partial charge in [-0.25, -0.2) is 4.98 Å². The van der Waals surface area contributed by atoms with Gasteiger partial charge in [-0.2, -0.15) is 0 Å². The van der Waals surface area contributed by atoms with Gasteiger partial charge in [0.05, 0.1) is 19.2 Å². The molecule has 2 aromatic heterocycles. The van der Waals surface area contributed by atoms with Crippen LogP contribution in [0.15, 0.2) is 28.2 Å². The molecule has 2 aromatic rings. The number of esters is 1. The van der Waals surface area contributed by atoms with E-state index in [4.69, 9.17) is 0 Å². The van der Waals surface area contributed by atoms with E-state index in [2.05, 4.69) is 30.6 Å². The number of aromatic nitrogens is 2. The minimum atomic E-state index is -0.219. The molecule has 0 N–H and O–H groups in total. The molecule has 0 atom stereocenters. The van der Waals surface area contributed by atoms with Gasteiger partial charge in [-0.1, -0.05) is 0 Å². The summed E-state index contributed by atoms with van der Waals surface area (Å²) in [5.74, 6) is -0.219. The van der Waals surface area contributed by atoms with E-state index in [1.165, 1.54) is 18.4 Å². The molecular formula is C12H11BrN2O2S. The predicted molar refractivity (Wildman–Crippen MR) is 73.4 cm³/mol. The number of rotatable bonds is 4. The summed E-state index contributed by atoms with van der Waals surface area (Å²) in [6.45, 7) is 0. The van der Waals surface area contributed by atoms with Crippen molar-refractivity contribution in [1.29, 1.82) is 0 Å². The molecular weight excluding hydrogens is 316 g/mol. The van der Waals surface area contributed by atoms with Crippen LogP contribution in [0.2, 0.25) is 0 Å². The zero-order valence-corrected chi connectivity index (χ0v) is 12.1. The van der Waals surface area contributed by atoms with Crippen LogP contribution in [0, 0.1) is 0 Å². The van der Waals surface area contributed by atoms with E-state index in [0.717, 1.165) is 20.9 Å². The van der Waals surface area contributed by atoms with Gasteiger partial charge >= 0.3 is 5.97 Å². The quantitative estimate of drug-likeness (QED) is 0.810. The largest absolute Gasteiger partial charge is 0.469 e. The summed E-state index contributed by atoms with van der Waals surface area (Å²) >= 11 is 4.97. The molecule has 4 nitrogen and oxygen atoms in total. The Morgan fingerprint density at radius 3 is 3.11 bits per heavy atom. The molecule has 0 aliphatic rings. The highest BCUT2D eigenvalue weighted by molar-refractivity contribution is 9.10. The molecule has 0 amide bonds. The number of ether oxygens (including phenoxy) is 1. The lowest BCUT2D eigenvalue weighted by molar-refractivity contribution is -0.140. The number of carbonyl (C=O) groups excluding carboxylic acids is 1. The van der Waals surface area contributed by atoms with Crippen molar-refractivity contribution < 1.29 is 9.53 Å². The number of halogens is 1. The van der Waals surface area contributed by atoms with E-state index in [-0.39, 0.29) is 5.97 Å². The molecule has 2 rings (SSSR count). The van der Waals surface area contributed by atoms with Crippen LogP contribution in [0.3, 0.4) is 0 Å². The van der Waals surface area contributed by atoms with Gasteiger partial charge in [0, 0.05) is 22.5 Å². The van der Waals surface area contributed by atoms with Gasteiger partial charge in [0.25, 0.3) is 0 Å². The van der Waals surface area contributed by atoms with Gasteiger partial charge in [-0.3, -0.25) is 9.78 Å². The minimum Gasteiger partial charge on any atom is -0.469 e. The molecule has 18 heavy (non-hydrogen) atoms. The lowest BCUT2D eigenvalue weighted by Gasteiger charge is -1.98. The lowest BCUT2D eigenvalue weighted by atomic mass is 10.2. The molecule has 0 radical (unpaired) electrons. The van der Waals surface area contributed by atoms with Crippen LogP contribution in [0.1, 0.15) is 12.1 Å². The van der Waals surface area contributed by atoms with Crippen molar-refractivity contribution in [1.82, 2.24) is 9.97 Å². The number of nitrogens with zero attached hydrogens (tertiary/aromatic N) is 2. The molecule has 0 spiro atoms. The summed E-state index contributed by atoms with van der Waals surface area (Å²) in [5.41, 5.74) is 1.71. The van der Waals surface area contributed by atoms with Crippen molar-refractivity contribution in [2.45, 2.75) is 12.8 Å². The number of hydrogen-bond acceptors (Lipinski definition) is 5. The van der Waals surface area contributed by atoms with E-state index < -0.39 is 0 Å². The fourth-order valence-electron chi connectivity index (χ4n) is 1.41. The Bertz CT molecular complexity index is 557. The van der Waals surface area contributed by atoms with Gasteiger partial charge < -0.3 is 4.74 Å². The summed E-state index contributed by atoms with van der Waals surface area (Å²) in [7, 11) is 1.39. The molecule has 0 fully saturated rings. The Morgan fingerprint density at radius 2 is 2.39 bits per heavy atom. The molecule has 6 heteroatoms. The van der Waals surface area contributed by atoms with Crippen LogP contribution in [0.4, 0.5) is 0 Å². The van der Waals surface area contributed by atoms with Crippen molar-refractivity contribution in [2.24, 2.45) is 0 Å². The van der Waals surface area contributed by atoms with Crippen molar-refractivity contribution in [3.63, 3.8) is 0 Å². The first kappa shape index (κ1) is 13.2. The number of carbonyl (C=O) groups is 1. The maximum atomic E-state index is 11.0. The van der Waals surface area contributed by atoms with Crippen LogP contribution >= 0.6 is 27.3 Å². The fourth-order valence-corrected chi connectivity index (χ4v) is 2.84. The predicted octanol–water partition coefficient (Wildman–Crippen LogP) is 3.07. The summed E-state index contributed by atoms with van der Waals surface area (Å²) in [4.78, 5) is 19.8. The van der Waals surface area contributed by atoms with E-state index >= 15 is 0 Å². The molecule has 0 aliphatic carbocycles. The summed E-state index contributed by atoms with van der Waals surface area (Å²) in [5, 5.41) is 2.79. The Morgan fingerprint density at radius 1 is 1.56 bits per heavy atom. The summed E-state index contributed by atoms with van der Waals surface area (Å²) < 4.78 is 5.51. The van der Waals surface area contributed by atoms with Gasteiger partial charge in [-0.05, 0) is 28.1 Å². The fraction of sp³-hybridized carbons (Fsp3) is 0.250. The first-order valence-corrected chi connectivity index (χ1v) is 7.00. The standard InChI is InChI=1S/C12H11BrN2O2S/c1-17-10(16)5-4-8-7-18-12(15-8)11-9(13)3-2-6-14-11/h2-3,6-7H,4-5H2,1H3. The number of pyridine rings is 1. The summed E-state index contributed by atoms with van der Waals surface area (Å²) in [6.07, 6.45) is 2.67. The maximum Gasteiger partial charge on any atom is 0.305 e. The third-order valence-corrected chi connectivity index (χ3v) is 3.86. The molecule has 0 aliphatic heterocycles. The van der Waals surface area contributed by atoms with Crippen LogP contribution < -0.4 is 0 Å². The number of methoxy groups -OCH3 is 1. The van der Waals surface area contributed by atoms with Crippen LogP contribution in [0.5, 0.6) is 0 Å². The summed E-state index contributed by atoms with van der Waals surface area (Å²) in [6, 6.07) is 3.79. The smallest absolute Gasteiger partial charge is 0.305 e. The topological polar surface area (TPSA) is 52.1 Å². The van der Waals surface area contributed by atoms with Gasteiger partial charge in [0.2, 0.25) is 0 Å². The van der Waals surface area contributed by atoms with Crippen molar-refractivity contribution >= 4 is 33.2 Å². The molecule has 0 aromatic carbocycles. The second kappa shape index (κ2) is 6.06. The second-order valence-corrected chi connectivity index (χ2v) is 5.27. The van der Waals surface area contributed by atoms with Gasteiger partial charge in [0.1, 0.15) is 10.7 Å². The maximum absolute atomic E-state index is 11.0. The monoisotopic (exact) mass is 326 g/mol. The first-order chi connectivity index (χ1) is 8.70. The minimum absolute atomic E-state index is 0.219. The zero-order valence-electron chi connectivity index (χ0n) is 9.72. The van der Waals surface area contributed by atoms with Crippen LogP contribution in [-0.4, -0.2) is 23.0 Å². The third kappa shape index (κ3) is 3.14. The average Bonchev–Trinajstić information content (AvgIpc) is 2.85. The Hall–Kier alpha value is -1.27. The Balaban J connectivity index is 2.11. The molecule has 0 saturated heterocycles. The van der Waals surface area contributed by atoms with Crippen molar-refractivity contribution in [2.75, 3.05) is 7.11 Å². The highest BCUT2D eigenvalue weighted by atomic mass is 79.9. The second-order valence-electron chi connectivity index (χ2n) is 3.55. The Labute approximate surface area is 117 Å². The van der Waals surface area contributed by atoms with Gasteiger partial charge in [-0.15, -0.1) is 11.3 Å². The SMILES string of the molecule is COC(=O)CCc1csc(-c2ncccc2Br)n1. The number of hydrogen-bond donors (Lipinski definition) is 0. The van der Waals surface area contributed by atoms with Crippen molar-refractivity contribution in [3.8, 4) is 10.7 Å². The van der Waals surface area contributed by atoms with E-state index in [9.17, 15) is 4.79 Å². The number of aryl methyl sites for hydroxylation is 1. The molecule has 0 saturated carbocycles. The molecule has 2 heterocycles. The Kier molecular flexibility index (Phi) is 4.43. The van der Waals surface area contributed by atoms with Crippen molar-refractivity contribution in [3.05, 3.63) is 33.9 Å². The first-order valence-electron chi connectivity index (χ1n) is 5.33. The third-order valence-electron chi connectivity index (χ3n) is 2.33. The number of thiazole rings is 1. The zero-order chi connectivity index (χ0) is 13.0. The van der Waals surface area contributed by atoms with Crippen LogP contribution in [0.25, 0.3) is 10.7 Å². The highest BCUT2D eigenvalue weighted by Crippen LogP contribution is 2.28. The average molecular weight is 327 g/mol. The lowest BCUT2D eigenvalue weighted by Crippen LogP contribution is -2.01. The van der Waals surface area contributed by atoms with Gasteiger partial charge in [0.15, 0.2) is 0 Å². The molecule has 0 unspecified atom stereocenters. The van der Waals surface area contributed by atoms with Crippen LogP contribution in [-0.2, 0) is 16.0 Å². The normalized spacial score (nSPS) is 10.3. The molecule has 0 bridgehead atoms.